The number of aromatic nitrogens is 2. The molecule has 0 aliphatic carbocycles. The van der Waals surface area contributed by atoms with Crippen LogP contribution in [0.25, 0.3) is 0 Å². The number of ether oxygens (including phenoxy) is 1. The Kier molecular flexibility index (Phi) is 6.05. The zero-order chi connectivity index (χ0) is 12.7. The molecule has 1 heterocycles. The third-order valence-electron chi connectivity index (χ3n) is 2.99. The lowest BCUT2D eigenvalue weighted by atomic mass is 10.1. The Labute approximate surface area is 104 Å². The van der Waals surface area contributed by atoms with Gasteiger partial charge in [-0.05, 0) is 19.9 Å². The fraction of sp³-hybridized carbons (Fsp3) is 0.769. The van der Waals surface area contributed by atoms with Gasteiger partial charge in [0.05, 0.1) is 25.0 Å². The largest absolute Gasteiger partial charge is 0.493 e. The Morgan fingerprint density at radius 2 is 2.18 bits per heavy atom. The van der Waals surface area contributed by atoms with Crippen LogP contribution in [0, 0.1) is 0 Å². The number of methoxy groups -OCH3 is 1. The molecule has 0 amide bonds. The van der Waals surface area contributed by atoms with Crippen molar-refractivity contribution in [2.75, 3.05) is 13.7 Å². The van der Waals surface area contributed by atoms with E-state index < -0.39 is 0 Å². The SMILES string of the molecule is CCCCC(NCC)c1c(OC)cnn1CC. The van der Waals surface area contributed by atoms with Crippen LogP contribution < -0.4 is 10.1 Å². The highest BCUT2D eigenvalue weighted by Crippen LogP contribution is 2.28. The summed E-state index contributed by atoms with van der Waals surface area (Å²) in [6.45, 7) is 8.31. The van der Waals surface area contributed by atoms with Gasteiger partial charge < -0.3 is 10.1 Å². The fourth-order valence-corrected chi connectivity index (χ4v) is 2.13. The number of unbranched alkanes of at least 4 members (excludes halogenated alkanes) is 1. The van der Waals surface area contributed by atoms with Gasteiger partial charge in [-0.3, -0.25) is 4.68 Å². The van der Waals surface area contributed by atoms with E-state index in [-0.39, 0.29) is 0 Å². The third kappa shape index (κ3) is 3.46. The molecule has 0 aliphatic rings. The molecule has 4 heteroatoms. The smallest absolute Gasteiger partial charge is 0.161 e. The van der Waals surface area contributed by atoms with Gasteiger partial charge in [-0.2, -0.15) is 5.10 Å². The molecule has 4 nitrogen and oxygen atoms in total. The van der Waals surface area contributed by atoms with Gasteiger partial charge in [-0.25, -0.2) is 0 Å². The highest BCUT2D eigenvalue weighted by Gasteiger charge is 2.20. The van der Waals surface area contributed by atoms with Crippen LogP contribution in [0.5, 0.6) is 5.75 Å². The van der Waals surface area contributed by atoms with Crippen LogP contribution in [-0.4, -0.2) is 23.4 Å². The molecule has 0 saturated carbocycles. The maximum Gasteiger partial charge on any atom is 0.161 e. The van der Waals surface area contributed by atoms with E-state index in [2.05, 4.69) is 31.2 Å². The van der Waals surface area contributed by atoms with Gasteiger partial charge in [0.15, 0.2) is 5.75 Å². The van der Waals surface area contributed by atoms with Crippen molar-refractivity contribution in [2.24, 2.45) is 0 Å². The van der Waals surface area contributed by atoms with E-state index in [0.29, 0.717) is 6.04 Å². The van der Waals surface area contributed by atoms with Crippen molar-refractivity contribution in [1.82, 2.24) is 15.1 Å². The lowest BCUT2D eigenvalue weighted by Crippen LogP contribution is -2.24. The molecule has 0 fully saturated rings. The van der Waals surface area contributed by atoms with E-state index in [4.69, 9.17) is 4.74 Å². The molecule has 17 heavy (non-hydrogen) atoms. The van der Waals surface area contributed by atoms with Crippen LogP contribution >= 0.6 is 0 Å². The second-order valence-electron chi connectivity index (χ2n) is 4.17. The zero-order valence-corrected chi connectivity index (χ0v) is 11.5. The quantitative estimate of drug-likeness (QED) is 0.758. The number of nitrogens with zero attached hydrogens (tertiary/aromatic N) is 2. The summed E-state index contributed by atoms with van der Waals surface area (Å²) in [5, 5.41) is 7.90. The van der Waals surface area contributed by atoms with Gasteiger partial charge in [0.25, 0.3) is 0 Å². The highest BCUT2D eigenvalue weighted by molar-refractivity contribution is 5.28. The van der Waals surface area contributed by atoms with E-state index >= 15 is 0 Å². The van der Waals surface area contributed by atoms with Gasteiger partial charge >= 0.3 is 0 Å². The van der Waals surface area contributed by atoms with Crippen LogP contribution in [-0.2, 0) is 6.54 Å². The van der Waals surface area contributed by atoms with Crippen LogP contribution in [0.2, 0.25) is 0 Å². The topological polar surface area (TPSA) is 39.1 Å². The molecule has 1 aromatic rings. The molecule has 0 bridgehead atoms. The first-order valence-corrected chi connectivity index (χ1v) is 6.61. The minimum Gasteiger partial charge on any atom is -0.493 e. The first-order valence-electron chi connectivity index (χ1n) is 6.61. The van der Waals surface area contributed by atoms with Crippen LogP contribution in [0.15, 0.2) is 6.20 Å². The number of hydrogen-bond donors (Lipinski definition) is 1. The average molecular weight is 239 g/mol. The molecule has 0 aromatic carbocycles. The molecule has 0 spiro atoms. The van der Waals surface area contributed by atoms with Crippen LogP contribution in [0.1, 0.15) is 51.8 Å². The molecule has 1 aromatic heterocycles. The standard InChI is InChI=1S/C13H25N3O/c1-5-8-9-11(14-6-2)13-12(17-4)10-15-16(13)7-3/h10-11,14H,5-9H2,1-4H3. The van der Waals surface area contributed by atoms with Crippen molar-refractivity contribution in [3.05, 3.63) is 11.9 Å². The number of hydrogen-bond acceptors (Lipinski definition) is 3. The zero-order valence-electron chi connectivity index (χ0n) is 11.5. The maximum atomic E-state index is 5.41. The fourth-order valence-electron chi connectivity index (χ4n) is 2.13. The van der Waals surface area contributed by atoms with Crippen LogP contribution in [0.3, 0.4) is 0 Å². The van der Waals surface area contributed by atoms with Crippen LogP contribution in [0.4, 0.5) is 0 Å². The summed E-state index contributed by atoms with van der Waals surface area (Å²) in [7, 11) is 1.71. The second kappa shape index (κ2) is 7.33. The molecule has 1 rings (SSSR count). The number of aryl methyl sites for hydroxylation is 1. The van der Waals surface area contributed by atoms with E-state index in [1.807, 2.05) is 10.9 Å². The van der Waals surface area contributed by atoms with Crippen molar-refractivity contribution >= 4 is 0 Å². The minimum absolute atomic E-state index is 0.345. The lowest BCUT2D eigenvalue weighted by molar-refractivity contribution is 0.384. The number of rotatable bonds is 8. The third-order valence-corrected chi connectivity index (χ3v) is 2.99. The number of nitrogens with one attached hydrogen (secondary N) is 1. The van der Waals surface area contributed by atoms with Gasteiger partial charge in [0.1, 0.15) is 0 Å². The Balaban J connectivity index is 2.93. The molecular weight excluding hydrogens is 214 g/mol. The summed E-state index contributed by atoms with van der Waals surface area (Å²) in [6, 6.07) is 0.345. The van der Waals surface area contributed by atoms with Crippen molar-refractivity contribution in [2.45, 2.75) is 52.6 Å². The summed E-state index contributed by atoms with van der Waals surface area (Å²) < 4.78 is 7.44. The Bertz CT molecular complexity index is 301. The molecule has 98 valence electrons. The molecule has 1 N–H and O–H groups in total. The van der Waals surface area contributed by atoms with E-state index in [1.54, 1.807) is 7.11 Å². The molecular formula is C13H25N3O. The van der Waals surface area contributed by atoms with Crippen molar-refractivity contribution in [3.8, 4) is 5.75 Å². The van der Waals surface area contributed by atoms with Gasteiger partial charge in [-0.15, -0.1) is 0 Å². The van der Waals surface area contributed by atoms with Crippen molar-refractivity contribution in [1.29, 1.82) is 0 Å². The predicted octanol–water partition coefficient (Wildman–Crippen LogP) is 2.75. The van der Waals surface area contributed by atoms with E-state index in [0.717, 1.165) is 25.3 Å². The Morgan fingerprint density at radius 1 is 1.41 bits per heavy atom. The van der Waals surface area contributed by atoms with Gasteiger partial charge in [0, 0.05) is 6.54 Å². The molecule has 0 saturated heterocycles. The minimum atomic E-state index is 0.345. The van der Waals surface area contributed by atoms with Gasteiger partial charge in [-0.1, -0.05) is 26.7 Å². The van der Waals surface area contributed by atoms with Crippen molar-refractivity contribution in [3.63, 3.8) is 0 Å². The highest BCUT2D eigenvalue weighted by atomic mass is 16.5. The monoisotopic (exact) mass is 239 g/mol. The molecule has 1 unspecified atom stereocenters. The first-order chi connectivity index (χ1) is 8.28. The Morgan fingerprint density at radius 3 is 2.71 bits per heavy atom. The summed E-state index contributed by atoms with van der Waals surface area (Å²) in [5.74, 6) is 0.897. The molecule has 0 aliphatic heterocycles. The summed E-state index contributed by atoms with van der Waals surface area (Å²) in [6.07, 6.45) is 5.38. The average Bonchev–Trinajstić information content (AvgIpc) is 2.77. The maximum absolute atomic E-state index is 5.41. The summed E-state index contributed by atoms with van der Waals surface area (Å²) in [4.78, 5) is 0. The van der Waals surface area contributed by atoms with Crippen molar-refractivity contribution < 1.29 is 4.74 Å². The first kappa shape index (κ1) is 14.0. The summed E-state index contributed by atoms with van der Waals surface area (Å²) in [5.41, 5.74) is 1.19. The Hall–Kier alpha value is -1.03. The van der Waals surface area contributed by atoms with E-state index in [1.165, 1.54) is 18.5 Å². The molecule has 0 radical (unpaired) electrons. The normalized spacial score (nSPS) is 12.7. The predicted molar refractivity (Wildman–Crippen MR) is 70.4 cm³/mol. The van der Waals surface area contributed by atoms with Gasteiger partial charge in [0.2, 0.25) is 0 Å². The second-order valence-corrected chi connectivity index (χ2v) is 4.17. The van der Waals surface area contributed by atoms with E-state index in [9.17, 15) is 0 Å². The molecule has 1 atom stereocenters. The lowest BCUT2D eigenvalue weighted by Gasteiger charge is -2.20. The summed E-state index contributed by atoms with van der Waals surface area (Å²) >= 11 is 0.